The molecule has 2 aliphatic rings. The largest absolute Gasteiger partial charge is 1.00 e. The summed E-state index contributed by atoms with van der Waals surface area (Å²) in [4.78, 5) is 46.5. The fourth-order valence-corrected chi connectivity index (χ4v) is 6.82. The van der Waals surface area contributed by atoms with E-state index in [-0.39, 0.29) is 90.9 Å². The fraction of sp³-hybridized carbons (Fsp3) is 0.721. The molecule has 491 valence electrons. The van der Waals surface area contributed by atoms with E-state index >= 15 is 0 Å². The van der Waals surface area contributed by atoms with Crippen molar-refractivity contribution in [2.45, 2.75) is 237 Å². The van der Waals surface area contributed by atoms with Crippen LogP contribution in [0.15, 0.2) is 34.3 Å². The maximum absolute atomic E-state index is 11.2. The first kappa shape index (κ1) is 90.4. The van der Waals surface area contributed by atoms with Gasteiger partial charge in [-0.3, -0.25) is 9.98 Å². The molecule has 0 aromatic heterocycles. The van der Waals surface area contributed by atoms with Gasteiger partial charge in [0.2, 0.25) is 0 Å². The number of hydrogen-bond acceptors (Lipinski definition) is 16. The van der Waals surface area contributed by atoms with Crippen molar-refractivity contribution in [3.63, 3.8) is 0 Å². The Labute approximate surface area is 539 Å². The first-order valence-corrected chi connectivity index (χ1v) is 30.6. The van der Waals surface area contributed by atoms with Gasteiger partial charge in [-0.15, -0.1) is 0 Å². The number of aliphatic carboxylic acids is 1. The minimum Gasteiger partial charge on any atom is -1.00 e. The second kappa shape index (κ2) is 46.7. The average Bonchev–Trinajstić information content (AvgIpc) is 4.13. The van der Waals surface area contributed by atoms with Crippen molar-refractivity contribution in [3.8, 4) is 11.5 Å². The number of epoxide rings is 1. The Morgan fingerprint density at radius 1 is 0.738 bits per heavy atom. The number of aliphatic imine (C=N–C) groups is 2. The molecule has 8 unspecified atom stereocenters. The number of phenolic OH excluding ortho intramolecular Hbond substituents is 2. The van der Waals surface area contributed by atoms with E-state index in [1.165, 1.54) is 18.1 Å². The molecule has 1 saturated heterocycles. The maximum Gasteiger partial charge on any atom is 0.508 e. The standard InChI is InChI=1S/C36H54N2O2.C11H22O5.C7H16O2.C3H6O.C2H4O3.CH6INP2.CO2.ClH.Co/c1-33(2,3)25-17-23(31(39)27(19-25)35(7,8)9)21-37-29-15-13-14-16-30(29)38-22-24-18-26(34(4,5)6)20-28(32(24)40)36(10,11)12;1-4-5-6-14-8-10(3)16-11(13)15-7-9(2)12;1-3-4-5-9-6-7(2)8;1-3-2-4-3;3-1-2(4)5;2-1(3,4)5;2-1-3;;/h17-22,29-30,39-40H,13-16H2,1-12H3;9-10,12H,4-8H2,1-3H3;7-8H,3-6H2,1-2H3;3H,2H2,1H3;3H,1H2,(H,4,5);3-5H2;;1H;. The number of rotatable bonds is 18. The van der Waals surface area contributed by atoms with Gasteiger partial charge in [0.15, 0.2) is 3.03 Å². The van der Waals surface area contributed by atoms with Crippen LogP contribution in [0.3, 0.4) is 0 Å². The van der Waals surface area contributed by atoms with Gasteiger partial charge in [-0.1, -0.05) is 153 Å². The van der Waals surface area contributed by atoms with Crippen LogP contribution in [-0.4, -0.2) is 147 Å². The maximum atomic E-state index is 11.2. The molecular weight excluding hydrogens is 1300 g/mol. The molecule has 1 aliphatic heterocycles. The molecule has 9 N–H and O–H groups in total. The number of phenols is 2. The van der Waals surface area contributed by atoms with Crippen molar-refractivity contribution < 1.29 is 108 Å². The summed E-state index contributed by atoms with van der Waals surface area (Å²) < 4.78 is 24.6. The van der Waals surface area contributed by atoms with Gasteiger partial charge >= 0.3 is 18.3 Å². The summed E-state index contributed by atoms with van der Waals surface area (Å²) in [5, 5.41) is 55.1. The van der Waals surface area contributed by atoms with Crippen LogP contribution >= 0.6 is 41.1 Å². The molecule has 4 rings (SSSR count). The monoisotopic (exact) mass is 1410 g/mol. The van der Waals surface area contributed by atoms with Gasteiger partial charge in [0, 0.05) is 64.7 Å². The van der Waals surface area contributed by atoms with E-state index in [1.54, 1.807) is 13.8 Å². The number of carbonyl (C=O) groups is 2. The number of carboxylic acids is 1. The van der Waals surface area contributed by atoms with Crippen LogP contribution in [0.1, 0.15) is 209 Å². The Hall–Kier alpha value is -2.39. The van der Waals surface area contributed by atoms with Crippen LogP contribution in [0.5, 0.6) is 11.5 Å². The Morgan fingerprint density at radius 2 is 1.06 bits per heavy atom. The predicted molar refractivity (Wildman–Crippen MR) is 343 cm³/mol. The summed E-state index contributed by atoms with van der Waals surface area (Å²) in [6.07, 6.45) is 11.0. The van der Waals surface area contributed by atoms with Crippen LogP contribution in [-0.2, 0) is 76.5 Å². The number of halogens is 2. The normalized spacial score (nSPS) is 16.7. The minimum atomic E-state index is -1.19. The van der Waals surface area contributed by atoms with Gasteiger partial charge in [-0.25, -0.2) is 9.59 Å². The number of ether oxygens (including phenoxy) is 5. The molecule has 2 fully saturated rings. The second-order valence-electron chi connectivity index (χ2n) is 24.6. The number of benzene rings is 2. The Bertz CT molecular complexity index is 2080. The van der Waals surface area contributed by atoms with Crippen LogP contribution in [0.4, 0.5) is 4.79 Å². The van der Waals surface area contributed by atoms with Crippen molar-refractivity contribution in [3.05, 3.63) is 57.6 Å². The van der Waals surface area contributed by atoms with Crippen molar-refractivity contribution in [1.29, 1.82) is 0 Å². The molecule has 84 heavy (non-hydrogen) atoms. The van der Waals surface area contributed by atoms with Gasteiger partial charge in [0.05, 0.1) is 50.2 Å². The zero-order valence-corrected chi connectivity index (χ0v) is 60.0. The topological polar surface area (TPSA) is 291 Å². The van der Waals surface area contributed by atoms with E-state index in [0.29, 0.717) is 37.4 Å². The van der Waals surface area contributed by atoms with Crippen LogP contribution in [0, 0.1) is 0 Å². The van der Waals surface area contributed by atoms with E-state index in [2.05, 4.69) is 180 Å². The van der Waals surface area contributed by atoms with E-state index in [4.69, 9.17) is 63.7 Å². The SMILES string of the molecule is CC(C)(C)c1cc(C=NC2CCCCC2N=Cc2cc(C(C)(C)C)cc(C(C)(C)C)c2O)c(O)c(C(C)(C)C)c1.CC1CO1.CCCCOCC(C)O.CCCCOCC(C)OC(=O)OCC(C)O.O=C(O)CO.O=C=O.[Cl-].[Co].[NH3+]C(P)(P)I. The summed E-state index contributed by atoms with van der Waals surface area (Å²) in [5.41, 5.74) is 9.08. The van der Waals surface area contributed by atoms with Crippen LogP contribution < -0.4 is 18.1 Å². The molecule has 2 aromatic rings. The summed E-state index contributed by atoms with van der Waals surface area (Å²) in [7, 11) is 5.11. The molecule has 1 saturated carbocycles. The van der Waals surface area contributed by atoms with Gasteiger partial charge in [0.25, 0.3) is 0 Å². The number of unbranched alkanes of at least 4 members (excludes halogenated alkanes) is 2. The minimum absolute atomic E-state index is 0. The molecule has 2 aromatic carbocycles. The number of carbonyl (C=O) groups excluding carboxylic acids is 3. The van der Waals surface area contributed by atoms with E-state index in [9.17, 15) is 15.0 Å². The van der Waals surface area contributed by atoms with Crippen LogP contribution in [0.25, 0.3) is 0 Å². The number of aliphatic hydroxyl groups excluding tert-OH is 3. The molecule has 0 amide bonds. The third kappa shape index (κ3) is 48.6. The third-order valence-corrected chi connectivity index (χ3v) is 11.5. The Kier molecular flexibility index (Phi) is 50.2. The molecule has 18 nitrogen and oxygen atoms in total. The van der Waals surface area contributed by atoms with Gasteiger partial charge in [0.1, 0.15) is 30.8 Å². The van der Waals surface area contributed by atoms with Crippen molar-refractivity contribution in [2.75, 3.05) is 46.2 Å². The zero-order valence-electron chi connectivity index (χ0n) is 53.7. The molecule has 1 aliphatic carbocycles. The molecule has 23 heteroatoms. The summed E-state index contributed by atoms with van der Waals surface area (Å²) in [6.45, 7) is 39.7. The van der Waals surface area contributed by atoms with E-state index in [0.717, 1.165) is 86.8 Å². The van der Waals surface area contributed by atoms with Crippen LogP contribution in [0.2, 0.25) is 0 Å². The molecule has 0 bridgehead atoms. The second-order valence-corrected chi connectivity index (χ2v) is 31.7. The third-order valence-electron chi connectivity index (χ3n) is 11.5. The van der Waals surface area contributed by atoms with Crippen molar-refractivity contribution >= 4 is 71.8 Å². The molecule has 0 spiro atoms. The number of aliphatic hydroxyl groups is 3. The summed E-state index contributed by atoms with van der Waals surface area (Å²) in [6, 6.07) is 8.53. The summed E-state index contributed by atoms with van der Waals surface area (Å²) in [5.74, 6) is -0.553. The van der Waals surface area contributed by atoms with E-state index < -0.39 is 24.8 Å². The van der Waals surface area contributed by atoms with Crippen molar-refractivity contribution in [2.24, 2.45) is 9.98 Å². The molecule has 1 heterocycles. The molecule has 1 radical (unpaired) electrons. The predicted octanol–water partition coefficient (Wildman–Crippen LogP) is 7.96. The first-order chi connectivity index (χ1) is 37.6. The number of hydrogen-bond donors (Lipinski definition) is 7. The number of quaternary nitrogens is 1. The number of alkyl halides is 1. The Balaban J connectivity index is -0.000000384. The van der Waals surface area contributed by atoms with E-state index in [1.807, 2.05) is 12.4 Å². The number of carboxylic acid groups (broad SMARTS) is 1. The first-order valence-electron chi connectivity index (χ1n) is 28.3. The molecular formula is C61H109ClCoIN3O15P2. The fourth-order valence-electron chi connectivity index (χ4n) is 6.82. The number of nitrogens with zero attached hydrogens (tertiary/aromatic N) is 2. The van der Waals surface area contributed by atoms with Crippen molar-refractivity contribution in [1.82, 2.24) is 0 Å². The van der Waals surface area contributed by atoms with Gasteiger partial charge < -0.3 is 72.5 Å². The average molecular weight is 1410 g/mol. The van der Waals surface area contributed by atoms with Gasteiger partial charge in [-0.05, 0) is 121 Å². The quantitative estimate of drug-likeness (QED) is 0.0109. The summed E-state index contributed by atoms with van der Waals surface area (Å²) >= 11 is 2.19. The smallest absolute Gasteiger partial charge is 0.508 e. The van der Waals surface area contributed by atoms with Gasteiger partial charge in [-0.2, -0.15) is 9.59 Å². The Morgan fingerprint density at radius 3 is 1.32 bits per heavy atom. The number of aromatic hydroxyl groups is 2. The zero-order chi connectivity index (χ0) is 64.2. The molecule has 8 atom stereocenters.